The van der Waals surface area contributed by atoms with Gasteiger partial charge in [0.15, 0.2) is 0 Å². The van der Waals surface area contributed by atoms with E-state index in [0.29, 0.717) is 5.92 Å². The highest BCUT2D eigenvalue weighted by Gasteiger charge is 2.21. The van der Waals surface area contributed by atoms with Crippen molar-refractivity contribution in [1.29, 1.82) is 0 Å². The first kappa shape index (κ1) is 12.1. The van der Waals surface area contributed by atoms with Crippen LogP contribution in [0.5, 0.6) is 0 Å². The Hall–Kier alpha value is -1.35. The molecule has 92 valence electrons. The first-order valence-electron chi connectivity index (χ1n) is 6.27. The fourth-order valence-electron chi connectivity index (χ4n) is 2.09. The summed E-state index contributed by atoms with van der Waals surface area (Å²) < 4.78 is 0. The Morgan fingerprint density at radius 1 is 1.24 bits per heavy atom. The van der Waals surface area contributed by atoms with Crippen molar-refractivity contribution in [3.05, 3.63) is 35.4 Å². The van der Waals surface area contributed by atoms with E-state index in [1.807, 2.05) is 0 Å². The molecule has 0 spiro atoms. The molecule has 1 aromatic rings. The topological polar surface area (TPSA) is 41.1 Å². The van der Waals surface area contributed by atoms with Crippen LogP contribution in [0, 0.1) is 0 Å². The molecule has 1 heterocycles. The smallest absolute Gasteiger partial charge is 0.237 e. The van der Waals surface area contributed by atoms with Crippen LogP contribution in [0.1, 0.15) is 30.9 Å². The molecule has 1 atom stereocenters. The predicted molar refractivity (Wildman–Crippen MR) is 69.0 cm³/mol. The number of rotatable bonds is 3. The Balaban J connectivity index is 2.00. The second kappa shape index (κ2) is 5.32. The van der Waals surface area contributed by atoms with Crippen LogP contribution >= 0.6 is 0 Å². The number of carbonyl (C=O) groups is 1. The molecule has 3 heteroatoms. The molecule has 1 aliphatic heterocycles. The molecule has 2 rings (SSSR count). The van der Waals surface area contributed by atoms with Crippen molar-refractivity contribution < 1.29 is 4.79 Å². The van der Waals surface area contributed by atoms with Gasteiger partial charge in [-0.05, 0) is 23.5 Å². The third kappa shape index (κ3) is 3.07. The summed E-state index contributed by atoms with van der Waals surface area (Å²) in [5.74, 6) is 0.671. The number of hydrogen-bond donors (Lipinski definition) is 2. The van der Waals surface area contributed by atoms with Crippen molar-refractivity contribution in [3.63, 3.8) is 0 Å². The molecule has 0 bridgehead atoms. The van der Waals surface area contributed by atoms with Crippen molar-refractivity contribution >= 4 is 5.91 Å². The van der Waals surface area contributed by atoms with E-state index in [2.05, 4.69) is 48.7 Å². The third-order valence-electron chi connectivity index (χ3n) is 3.22. The van der Waals surface area contributed by atoms with Crippen LogP contribution in [0.15, 0.2) is 24.3 Å². The molecule has 0 aliphatic carbocycles. The number of nitrogens with one attached hydrogen (secondary N) is 2. The Labute approximate surface area is 103 Å². The summed E-state index contributed by atoms with van der Waals surface area (Å²) in [6.07, 6.45) is 0.768. The molecule has 1 fully saturated rings. The van der Waals surface area contributed by atoms with Gasteiger partial charge in [0.1, 0.15) is 0 Å². The Morgan fingerprint density at radius 2 is 1.94 bits per heavy atom. The fourth-order valence-corrected chi connectivity index (χ4v) is 2.09. The maximum absolute atomic E-state index is 11.6. The van der Waals surface area contributed by atoms with Crippen molar-refractivity contribution in [3.8, 4) is 0 Å². The molecule has 1 saturated heterocycles. The highest BCUT2D eigenvalue weighted by atomic mass is 16.2. The molecule has 17 heavy (non-hydrogen) atoms. The van der Waals surface area contributed by atoms with Gasteiger partial charge in [-0.2, -0.15) is 0 Å². The zero-order chi connectivity index (χ0) is 12.3. The quantitative estimate of drug-likeness (QED) is 0.828. The molecule has 0 aromatic heterocycles. The van der Waals surface area contributed by atoms with Gasteiger partial charge in [-0.1, -0.05) is 38.1 Å². The van der Waals surface area contributed by atoms with E-state index >= 15 is 0 Å². The Morgan fingerprint density at radius 3 is 2.53 bits per heavy atom. The largest absolute Gasteiger partial charge is 0.353 e. The van der Waals surface area contributed by atoms with Gasteiger partial charge in [-0.3, -0.25) is 4.79 Å². The number of amides is 1. The first-order valence-corrected chi connectivity index (χ1v) is 6.27. The van der Waals surface area contributed by atoms with E-state index in [1.54, 1.807) is 0 Å². The molecule has 2 N–H and O–H groups in total. The fraction of sp³-hybridized carbons (Fsp3) is 0.500. The van der Waals surface area contributed by atoms with Gasteiger partial charge < -0.3 is 10.6 Å². The third-order valence-corrected chi connectivity index (χ3v) is 3.22. The molecule has 1 aromatic carbocycles. The molecule has 3 nitrogen and oxygen atoms in total. The van der Waals surface area contributed by atoms with Crippen LogP contribution in [0.25, 0.3) is 0 Å². The van der Waals surface area contributed by atoms with E-state index in [0.717, 1.165) is 19.5 Å². The number of piperazine rings is 1. The highest BCUT2D eigenvalue weighted by molar-refractivity contribution is 5.82. The zero-order valence-corrected chi connectivity index (χ0v) is 10.5. The first-order chi connectivity index (χ1) is 8.16. The average molecular weight is 232 g/mol. The molecule has 0 radical (unpaired) electrons. The number of benzene rings is 1. The van der Waals surface area contributed by atoms with Crippen LogP contribution in [0.3, 0.4) is 0 Å². The van der Waals surface area contributed by atoms with E-state index in [1.165, 1.54) is 11.1 Å². The van der Waals surface area contributed by atoms with Gasteiger partial charge in [-0.25, -0.2) is 0 Å². The predicted octanol–water partition coefficient (Wildman–Crippen LogP) is 1.44. The van der Waals surface area contributed by atoms with Gasteiger partial charge in [0.25, 0.3) is 0 Å². The standard InChI is InChI=1S/C14H20N2O/c1-10(2)12-5-3-11(4-6-12)9-13-14(17)16-8-7-15-13/h3-6,10,13,15H,7-9H2,1-2H3,(H,16,17)/t13-/m1/s1. The van der Waals surface area contributed by atoms with E-state index < -0.39 is 0 Å². The molecule has 1 amide bonds. The lowest BCUT2D eigenvalue weighted by Gasteiger charge is -2.23. The number of hydrogen-bond acceptors (Lipinski definition) is 2. The van der Waals surface area contributed by atoms with Crippen molar-refractivity contribution in [2.24, 2.45) is 0 Å². The van der Waals surface area contributed by atoms with Crippen molar-refractivity contribution in [2.45, 2.75) is 32.2 Å². The van der Waals surface area contributed by atoms with Gasteiger partial charge in [-0.15, -0.1) is 0 Å². The lowest BCUT2D eigenvalue weighted by molar-refractivity contribution is -0.124. The monoisotopic (exact) mass is 232 g/mol. The van der Waals surface area contributed by atoms with Crippen LogP contribution < -0.4 is 10.6 Å². The Bertz CT molecular complexity index is 384. The summed E-state index contributed by atoms with van der Waals surface area (Å²) in [5.41, 5.74) is 2.55. The lowest BCUT2D eigenvalue weighted by atomic mass is 9.98. The summed E-state index contributed by atoms with van der Waals surface area (Å²) in [5, 5.41) is 6.12. The minimum atomic E-state index is -0.0753. The van der Waals surface area contributed by atoms with E-state index in [-0.39, 0.29) is 11.9 Å². The number of carbonyl (C=O) groups excluding carboxylic acids is 1. The van der Waals surface area contributed by atoms with Gasteiger partial charge in [0.2, 0.25) is 5.91 Å². The highest BCUT2D eigenvalue weighted by Crippen LogP contribution is 2.15. The molecule has 1 aliphatic rings. The second-order valence-corrected chi connectivity index (χ2v) is 4.90. The SMILES string of the molecule is CC(C)c1ccc(C[C@H]2NCCNC2=O)cc1. The zero-order valence-electron chi connectivity index (χ0n) is 10.5. The molecule has 0 saturated carbocycles. The van der Waals surface area contributed by atoms with Crippen molar-refractivity contribution in [1.82, 2.24) is 10.6 Å². The maximum atomic E-state index is 11.6. The van der Waals surface area contributed by atoms with Crippen LogP contribution in [0.2, 0.25) is 0 Å². The normalized spacial score (nSPS) is 20.4. The molecule has 0 unspecified atom stereocenters. The van der Waals surface area contributed by atoms with Crippen LogP contribution in [0.4, 0.5) is 0 Å². The van der Waals surface area contributed by atoms with Crippen LogP contribution in [-0.2, 0) is 11.2 Å². The van der Waals surface area contributed by atoms with Gasteiger partial charge >= 0.3 is 0 Å². The minimum Gasteiger partial charge on any atom is -0.353 e. The molecular formula is C14H20N2O. The lowest BCUT2D eigenvalue weighted by Crippen LogP contribution is -2.53. The van der Waals surface area contributed by atoms with Gasteiger partial charge in [0.05, 0.1) is 6.04 Å². The van der Waals surface area contributed by atoms with Crippen molar-refractivity contribution in [2.75, 3.05) is 13.1 Å². The van der Waals surface area contributed by atoms with E-state index in [9.17, 15) is 4.79 Å². The second-order valence-electron chi connectivity index (χ2n) is 4.90. The van der Waals surface area contributed by atoms with Crippen LogP contribution in [-0.4, -0.2) is 25.0 Å². The summed E-state index contributed by atoms with van der Waals surface area (Å²) in [6, 6.07) is 8.48. The molecular weight excluding hydrogens is 212 g/mol. The summed E-state index contributed by atoms with van der Waals surface area (Å²) >= 11 is 0. The summed E-state index contributed by atoms with van der Waals surface area (Å²) in [7, 11) is 0. The average Bonchev–Trinajstić information content (AvgIpc) is 2.33. The summed E-state index contributed by atoms with van der Waals surface area (Å²) in [6.45, 7) is 5.97. The maximum Gasteiger partial charge on any atom is 0.237 e. The van der Waals surface area contributed by atoms with Gasteiger partial charge in [0, 0.05) is 13.1 Å². The Kier molecular flexibility index (Phi) is 3.79. The van der Waals surface area contributed by atoms with E-state index in [4.69, 9.17) is 0 Å². The minimum absolute atomic E-state index is 0.0753. The summed E-state index contributed by atoms with van der Waals surface area (Å²) in [4.78, 5) is 11.6.